The van der Waals surface area contributed by atoms with Gasteiger partial charge in [-0.1, -0.05) is 12.1 Å². The quantitative estimate of drug-likeness (QED) is 0.796. The predicted octanol–water partition coefficient (Wildman–Crippen LogP) is 3.85. The van der Waals surface area contributed by atoms with Crippen LogP contribution in [0.3, 0.4) is 0 Å². The van der Waals surface area contributed by atoms with E-state index >= 15 is 0 Å². The number of aromatic nitrogens is 2. The molecule has 0 saturated carbocycles. The molecule has 0 saturated heterocycles. The number of pyridine rings is 1. The second-order valence-corrected chi connectivity index (χ2v) is 6.44. The molecule has 3 rings (SSSR count). The summed E-state index contributed by atoms with van der Waals surface area (Å²) >= 11 is 3.06. The third-order valence-corrected chi connectivity index (χ3v) is 4.79. The van der Waals surface area contributed by atoms with Crippen molar-refractivity contribution in [3.8, 4) is 0 Å². The lowest BCUT2D eigenvalue weighted by molar-refractivity contribution is 0.0695. The highest BCUT2D eigenvalue weighted by Crippen LogP contribution is 2.33. The summed E-state index contributed by atoms with van der Waals surface area (Å²) in [6.07, 6.45) is 0. The molecule has 2 heterocycles. The maximum Gasteiger partial charge on any atom is 0.337 e. The number of benzene rings is 1. The molecular formula is C14H10N2O2S2. The Kier molecular flexibility index (Phi) is 3.42. The normalized spacial score (nSPS) is 10.8. The second-order valence-electron chi connectivity index (χ2n) is 4.14. The molecule has 0 amide bonds. The Morgan fingerprint density at radius 1 is 1.20 bits per heavy atom. The molecule has 0 aliphatic heterocycles. The smallest absolute Gasteiger partial charge is 0.337 e. The summed E-state index contributed by atoms with van der Waals surface area (Å²) in [4.78, 5) is 19.8. The number of aryl methyl sites for hydroxylation is 1. The number of aromatic carboxylic acids is 1. The molecule has 6 heteroatoms. The Hall–Kier alpha value is -1.92. The highest BCUT2D eigenvalue weighted by atomic mass is 32.2. The van der Waals surface area contributed by atoms with E-state index in [4.69, 9.17) is 5.11 Å². The van der Waals surface area contributed by atoms with E-state index in [1.807, 2.05) is 24.3 Å². The van der Waals surface area contributed by atoms with E-state index in [1.54, 1.807) is 30.4 Å². The Bertz CT molecular complexity index is 766. The number of hydrogen-bond donors (Lipinski definition) is 1. The molecule has 20 heavy (non-hydrogen) atoms. The van der Waals surface area contributed by atoms with E-state index < -0.39 is 5.97 Å². The highest BCUT2D eigenvalue weighted by Gasteiger charge is 2.11. The predicted molar refractivity (Wildman–Crippen MR) is 79.7 cm³/mol. The van der Waals surface area contributed by atoms with E-state index in [9.17, 15) is 4.79 Å². The minimum atomic E-state index is -0.952. The number of rotatable bonds is 3. The third kappa shape index (κ3) is 2.52. The number of fused-ring (bicyclic) bond motifs is 1. The summed E-state index contributed by atoms with van der Waals surface area (Å²) in [6, 6.07) is 11.2. The molecular weight excluding hydrogens is 292 g/mol. The van der Waals surface area contributed by atoms with Gasteiger partial charge in [0.15, 0.2) is 4.34 Å². The highest BCUT2D eigenvalue weighted by molar-refractivity contribution is 8.01. The minimum Gasteiger partial charge on any atom is -0.478 e. The molecule has 3 aromatic rings. The van der Waals surface area contributed by atoms with Gasteiger partial charge in [-0.05, 0) is 43.0 Å². The van der Waals surface area contributed by atoms with Crippen LogP contribution in [-0.4, -0.2) is 21.0 Å². The van der Waals surface area contributed by atoms with Crippen molar-refractivity contribution < 1.29 is 9.90 Å². The van der Waals surface area contributed by atoms with Crippen LogP contribution in [0.4, 0.5) is 0 Å². The minimum absolute atomic E-state index is 0.235. The van der Waals surface area contributed by atoms with Gasteiger partial charge in [0, 0.05) is 0 Å². The molecule has 2 aromatic heterocycles. The van der Waals surface area contributed by atoms with Gasteiger partial charge in [-0.3, -0.25) is 0 Å². The van der Waals surface area contributed by atoms with Gasteiger partial charge in [-0.25, -0.2) is 14.8 Å². The van der Waals surface area contributed by atoms with Crippen LogP contribution in [-0.2, 0) is 0 Å². The van der Waals surface area contributed by atoms with Crippen molar-refractivity contribution in [2.75, 3.05) is 0 Å². The van der Waals surface area contributed by atoms with Gasteiger partial charge in [0.1, 0.15) is 5.03 Å². The Labute approximate surface area is 123 Å². The standard InChI is InChI=1S/C14H10N2O2S2/c1-8-9(13(17)18)6-7-12(15-8)20-14-16-10-4-2-3-5-11(10)19-14/h2-7H,1H3,(H,17,18). The number of carboxylic acids is 1. The Morgan fingerprint density at radius 2 is 2.00 bits per heavy atom. The summed E-state index contributed by atoms with van der Waals surface area (Å²) in [6.45, 7) is 1.70. The number of carboxylic acid groups (broad SMARTS) is 1. The zero-order chi connectivity index (χ0) is 14.1. The van der Waals surface area contributed by atoms with Crippen LogP contribution in [0.25, 0.3) is 10.2 Å². The van der Waals surface area contributed by atoms with Gasteiger partial charge in [0.25, 0.3) is 0 Å². The number of hydrogen-bond acceptors (Lipinski definition) is 5. The fourth-order valence-electron chi connectivity index (χ4n) is 1.81. The molecule has 1 aromatic carbocycles. The molecule has 0 spiro atoms. The number of thiazole rings is 1. The molecule has 0 fully saturated rings. The lowest BCUT2D eigenvalue weighted by atomic mass is 10.2. The SMILES string of the molecule is Cc1nc(Sc2nc3ccccc3s2)ccc1C(=O)O. The van der Waals surface area contributed by atoms with E-state index in [2.05, 4.69) is 9.97 Å². The fraction of sp³-hybridized carbons (Fsp3) is 0.0714. The Morgan fingerprint density at radius 3 is 2.70 bits per heavy atom. The molecule has 0 radical (unpaired) electrons. The van der Waals surface area contributed by atoms with Crippen LogP contribution in [0.2, 0.25) is 0 Å². The second kappa shape index (κ2) is 5.22. The van der Waals surface area contributed by atoms with E-state index in [1.165, 1.54) is 11.8 Å². The first-order valence-corrected chi connectivity index (χ1v) is 7.51. The van der Waals surface area contributed by atoms with Gasteiger partial charge in [0.05, 0.1) is 21.5 Å². The van der Waals surface area contributed by atoms with Crippen molar-refractivity contribution >= 4 is 39.3 Å². The van der Waals surface area contributed by atoms with Gasteiger partial charge >= 0.3 is 5.97 Å². The fourth-order valence-corrected chi connectivity index (χ4v) is 3.84. The topological polar surface area (TPSA) is 63.1 Å². The molecule has 1 N–H and O–H groups in total. The summed E-state index contributed by atoms with van der Waals surface area (Å²) in [5.41, 5.74) is 1.72. The van der Waals surface area contributed by atoms with Crippen molar-refractivity contribution in [1.29, 1.82) is 0 Å². The molecule has 0 unspecified atom stereocenters. The average molecular weight is 302 g/mol. The zero-order valence-corrected chi connectivity index (χ0v) is 12.2. The lowest BCUT2D eigenvalue weighted by Crippen LogP contribution is -2.01. The number of para-hydroxylation sites is 1. The lowest BCUT2D eigenvalue weighted by Gasteiger charge is -2.02. The summed E-state index contributed by atoms with van der Waals surface area (Å²) in [5, 5.41) is 9.74. The van der Waals surface area contributed by atoms with Gasteiger partial charge < -0.3 is 5.11 Å². The van der Waals surface area contributed by atoms with Crippen molar-refractivity contribution in [2.45, 2.75) is 16.3 Å². The maximum absolute atomic E-state index is 11.0. The average Bonchev–Trinajstić information content (AvgIpc) is 2.80. The van der Waals surface area contributed by atoms with Crippen LogP contribution in [0.1, 0.15) is 16.1 Å². The molecule has 0 atom stereocenters. The molecule has 0 aliphatic carbocycles. The Balaban J connectivity index is 1.90. The largest absolute Gasteiger partial charge is 0.478 e. The summed E-state index contributed by atoms with van der Waals surface area (Å²) in [7, 11) is 0. The van der Waals surface area contributed by atoms with Gasteiger partial charge in [-0.2, -0.15) is 0 Å². The monoisotopic (exact) mass is 302 g/mol. The van der Waals surface area contributed by atoms with Crippen LogP contribution < -0.4 is 0 Å². The van der Waals surface area contributed by atoms with Crippen LogP contribution in [0.15, 0.2) is 45.8 Å². The summed E-state index contributed by atoms with van der Waals surface area (Å²) in [5.74, 6) is -0.952. The van der Waals surface area contributed by atoms with Crippen molar-refractivity contribution in [3.63, 3.8) is 0 Å². The third-order valence-electron chi connectivity index (χ3n) is 2.76. The van der Waals surface area contributed by atoms with E-state index in [-0.39, 0.29) is 5.56 Å². The van der Waals surface area contributed by atoms with Gasteiger partial charge in [-0.15, -0.1) is 11.3 Å². The van der Waals surface area contributed by atoms with E-state index in [0.29, 0.717) is 5.69 Å². The maximum atomic E-state index is 11.0. The van der Waals surface area contributed by atoms with Crippen molar-refractivity contribution in [2.24, 2.45) is 0 Å². The first kappa shape index (κ1) is 13.1. The molecule has 0 aliphatic rings. The van der Waals surface area contributed by atoms with Gasteiger partial charge in [0.2, 0.25) is 0 Å². The number of nitrogens with zero attached hydrogens (tertiary/aromatic N) is 2. The molecule has 100 valence electrons. The number of carbonyl (C=O) groups is 1. The van der Waals surface area contributed by atoms with Crippen molar-refractivity contribution in [1.82, 2.24) is 9.97 Å². The summed E-state index contributed by atoms with van der Waals surface area (Å²) < 4.78 is 2.04. The first-order valence-electron chi connectivity index (χ1n) is 5.88. The first-order chi connectivity index (χ1) is 9.63. The van der Waals surface area contributed by atoms with E-state index in [0.717, 1.165) is 19.6 Å². The zero-order valence-electron chi connectivity index (χ0n) is 10.5. The van der Waals surface area contributed by atoms with Crippen LogP contribution in [0.5, 0.6) is 0 Å². The van der Waals surface area contributed by atoms with Crippen LogP contribution >= 0.6 is 23.1 Å². The molecule has 4 nitrogen and oxygen atoms in total. The van der Waals surface area contributed by atoms with Crippen molar-refractivity contribution in [3.05, 3.63) is 47.7 Å². The molecule has 0 bridgehead atoms. The van der Waals surface area contributed by atoms with Crippen LogP contribution in [0, 0.1) is 6.92 Å².